The summed E-state index contributed by atoms with van der Waals surface area (Å²) in [4.78, 5) is 0. The molecule has 1 nitrogen and oxygen atoms in total. The van der Waals surface area contributed by atoms with Crippen molar-refractivity contribution >= 4 is 11.8 Å². The van der Waals surface area contributed by atoms with E-state index in [-0.39, 0.29) is 0 Å². The predicted octanol–water partition coefficient (Wildman–Crippen LogP) is 3.83. The van der Waals surface area contributed by atoms with Crippen molar-refractivity contribution in [1.29, 1.82) is 0 Å². The number of hydrogen-bond donors (Lipinski definition) is 1. The maximum Gasteiger partial charge on any atom is 0.00952 e. The maximum absolute atomic E-state index is 3.94. The van der Waals surface area contributed by atoms with Crippen molar-refractivity contribution in [2.45, 2.75) is 75.6 Å². The van der Waals surface area contributed by atoms with Crippen molar-refractivity contribution in [3.8, 4) is 0 Å². The lowest BCUT2D eigenvalue weighted by Gasteiger charge is -2.36. The monoisotopic (exact) mass is 241 g/mol. The van der Waals surface area contributed by atoms with Crippen molar-refractivity contribution in [3.63, 3.8) is 0 Å². The maximum atomic E-state index is 3.94. The summed E-state index contributed by atoms with van der Waals surface area (Å²) in [6, 6.07) is 1.65. The van der Waals surface area contributed by atoms with Gasteiger partial charge in [-0.2, -0.15) is 11.8 Å². The Balaban J connectivity index is 1.73. The molecule has 0 spiro atoms. The van der Waals surface area contributed by atoms with E-state index >= 15 is 0 Å². The van der Waals surface area contributed by atoms with E-state index in [0.29, 0.717) is 0 Å². The molecule has 94 valence electrons. The molecule has 1 N–H and O–H groups in total. The average Bonchev–Trinajstić information content (AvgIpc) is 2.33. The van der Waals surface area contributed by atoms with Gasteiger partial charge >= 0.3 is 0 Å². The molecule has 0 aliphatic heterocycles. The lowest BCUT2D eigenvalue weighted by Crippen LogP contribution is -2.45. The first-order chi connectivity index (χ1) is 7.79. The van der Waals surface area contributed by atoms with Crippen LogP contribution in [-0.4, -0.2) is 23.6 Å². The highest BCUT2D eigenvalue weighted by Crippen LogP contribution is 2.29. The molecule has 2 saturated carbocycles. The first-order valence-electron chi connectivity index (χ1n) is 7.08. The van der Waals surface area contributed by atoms with Gasteiger partial charge in [0.15, 0.2) is 0 Å². The molecule has 2 aliphatic rings. The molecule has 2 aliphatic carbocycles. The average molecular weight is 241 g/mol. The van der Waals surface area contributed by atoms with E-state index in [1.54, 1.807) is 0 Å². The van der Waals surface area contributed by atoms with Crippen molar-refractivity contribution < 1.29 is 0 Å². The van der Waals surface area contributed by atoms with Gasteiger partial charge in [0.2, 0.25) is 0 Å². The van der Waals surface area contributed by atoms with Crippen molar-refractivity contribution in [2.75, 3.05) is 6.26 Å². The van der Waals surface area contributed by atoms with Crippen LogP contribution in [0, 0.1) is 5.92 Å². The van der Waals surface area contributed by atoms with Crippen LogP contribution in [0.5, 0.6) is 0 Å². The smallest absolute Gasteiger partial charge is 0.00952 e. The quantitative estimate of drug-likeness (QED) is 0.806. The van der Waals surface area contributed by atoms with Gasteiger partial charge in [-0.1, -0.05) is 19.8 Å². The molecule has 2 unspecified atom stereocenters. The lowest BCUT2D eigenvalue weighted by atomic mass is 9.84. The van der Waals surface area contributed by atoms with E-state index in [1.807, 2.05) is 0 Å². The molecule has 0 bridgehead atoms. The minimum Gasteiger partial charge on any atom is -0.311 e. The van der Waals surface area contributed by atoms with Crippen molar-refractivity contribution in [2.24, 2.45) is 5.92 Å². The highest BCUT2D eigenvalue weighted by atomic mass is 32.2. The normalized spacial score (nSPS) is 40.9. The van der Waals surface area contributed by atoms with E-state index < -0.39 is 0 Å². The largest absolute Gasteiger partial charge is 0.311 e. The van der Waals surface area contributed by atoms with Gasteiger partial charge in [0.1, 0.15) is 0 Å². The third kappa shape index (κ3) is 3.40. The summed E-state index contributed by atoms with van der Waals surface area (Å²) in [6.07, 6.45) is 13.7. The van der Waals surface area contributed by atoms with Crippen molar-refractivity contribution in [1.82, 2.24) is 5.32 Å². The van der Waals surface area contributed by atoms with Crippen LogP contribution in [0.2, 0.25) is 0 Å². The molecule has 2 atom stereocenters. The Morgan fingerprint density at radius 3 is 2.25 bits per heavy atom. The van der Waals surface area contributed by atoms with Gasteiger partial charge in [0.05, 0.1) is 0 Å². The molecule has 0 aromatic heterocycles. The zero-order valence-corrected chi connectivity index (χ0v) is 11.7. The van der Waals surface area contributed by atoms with Gasteiger partial charge in [-0.25, -0.2) is 0 Å². The standard InChI is InChI=1S/C14H27NS/c1-11-5-3-4-6-14(11)15-12-7-9-13(16-2)10-8-12/h11-15H,3-10H2,1-2H3. The molecular weight excluding hydrogens is 214 g/mol. The van der Waals surface area contributed by atoms with Gasteiger partial charge in [0.25, 0.3) is 0 Å². The zero-order valence-electron chi connectivity index (χ0n) is 10.9. The summed E-state index contributed by atoms with van der Waals surface area (Å²) in [5, 5.41) is 4.89. The predicted molar refractivity (Wildman–Crippen MR) is 74.1 cm³/mol. The molecular formula is C14H27NS. The Labute approximate surface area is 105 Å². The minimum absolute atomic E-state index is 0.824. The van der Waals surface area contributed by atoms with E-state index in [1.165, 1.54) is 51.4 Å². The van der Waals surface area contributed by atoms with Crippen LogP contribution in [0.4, 0.5) is 0 Å². The SMILES string of the molecule is CSC1CCC(NC2CCCCC2C)CC1. The number of thioether (sulfide) groups is 1. The van der Waals surface area contributed by atoms with Gasteiger partial charge in [-0.05, 0) is 50.7 Å². The van der Waals surface area contributed by atoms with Crippen LogP contribution in [0.15, 0.2) is 0 Å². The van der Waals surface area contributed by atoms with Gasteiger partial charge in [-0.3, -0.25) is 0 Å². The van der Waals surface area contributed by atoms with Crippen LogP contribution in [0.1, 0.15) is 58.3 Å². The highest BCUT2D eigenvalue weighted by molar-refractivity contribution is 7.99. The summed E-state index contributed by atoms with van der Waals surface area (Å²) < 4.78 is 0. The summed E-state index contributed by atoms with van der Waals surface area (Å²) in [6.45, 7) is 2.43. The fourth-order valence-corrected chi connectivity index (χ4v) is 4.08. The zero-order chi connectivity index (χ0) is 11.4. The van der Waals surface area contributed by atoms with Crippen LogP contribution in [0.3, 0.4) is 0 Å². The minimum atomic E-state index is 0.824. The molecule has 2 rings (SSSR count). The number of hydrogen-bond acceptors (Lipinski definition) is 2. The Kier molecular flexibility index (Phi) is 5.02. The molecule has 16 heavy (non-hydrogen) atoms. The third-order valence-corrected chi connectivity index (χ3v) is 5.71. The van der Waals surface area contributed by atoms with E-state index in [0.717, 1.165) is 23.3 Å². The second-order valence-corrected chi connectivity index (χ2v) is 6.88. The fraction of sp³-hybridized carbons (Fsp3) is 1.00. The van der Waals surface area contributed by atoms with E-state index in [2.05, 4.69) is 30.3 Å². The second kappa shape index (κ2) is 6.30. The third-order valence-electron chi connectivity index (χ3n) is 4.57. The highest BCUT2D eigenvalue weighted by Gasteiger charge is 2.26. The first kappa shape index (κ1) is 12.8. The van der Waals surface area contributed by atoms with Crippen LogP contribution in [-0.2, 0) is 0 Å². The van der Waals surface area contributed by atoms with Gasteiger partial charge in [-0.15, -0.1) is 0 Å². The molecule has 0 saturated heterocycles. The Morgan fingerprint density at radius 1 is 0.938 bits per heavy atom. The lowest BCUT2D eigenvalue weighted by molar-refractivity contribution is 0.236. The summed E-state index contributed by atoms with van der Waals surface area (Å²) in [5.74, 6) is 0.909. The summed E-state index contributed by atoms with van der Waals surface area (Å²) in [7, 11) is 0. The number of rotatable bonds is 3. The molecule has 0 amide bonds. The summed E-state index contributed by atoms with van der Waals surface area (Å²) >= 11 is 2.07. The fourth-order valence-electron chi connectivity index (χ4n) is 3.33. The van der Waals surface area contributed by atoms with Gasteiger partial charge in [0, 0.05) is 17.3 Å². The molecule has 2 fully saturated rings. The second-order valence-electron chi connectivity index (χ2n) is 5.74. The van der Waals surface area contributed by atoms with Gasteiger partial charge < -0.3 is 5.32 Å². The van der Waals surface area contributed by atoms with Crippen LogP contribution < -0.4 is 5.32 Å². The van der Waals surface area contributed by atoms with Crippen LogP contribution >= 0.6 is 11.8 Å². The molecule has 2 heteroatoms. The number of nitrogens with one attached hydrogen (secondary N) is 1. The molecule has 0 radical (unpaired) electrons. The Bertz CT molecular complexity index is 199. The Morgan fingerprint density at radius 2 is 1.62 bits per heavy atom. The van der Waals surface area contributed by atoms with Crippen molar-refractivity contribution in [3.05, 3.63) is 0 Å². The molecule has 0 aromatic rings. The summed E-state index contributed by atoms with van der Waals surface area (Å²) in [5.41, 5.74) is 0. The van der Waals surface area contributed by atoms with E-state index in [9.17, 15) is 0 Å². The topological polar surface area (TPSA) is 12.0 Å². The van der Waals surface area contributed by atoms with E-state index in [4.69, 9.17) is 0 Å². The Hall–Kier alpha value is 0.310. The molecule has 0 heterocycles. The first-order valence-corrected chi connectivity index (χ1v) is 8.37. The van der Waals surface area contributed by atoms with Crippen LogP contribution in [0.25, 0.3) is 0 Å². The molecule has 0 aromatic carbocycles.